The summed E-state index contributed by atoms with van der Waals surface area (Å²) in [6, 6.07) is 5.93. The Bertz CT molecular complexity index is 802. The van der Waals surface area contributed by atoms with Gasteiger partial charge < -0.3 is 14.8 Å². The minimum absolute atomic E-state index is 0.107. The van der Waals surface area contributed by atoms with Crippen LogP contribution in [0.2, 0.25) is 0 Å². The van der Waals surface area contributed by atoms with Crippen LogP contribution < -0.4 is 5.32 Å². The van der Waals surface area contributed by atoms with Crippen LogP contribution in [0.3, 0.4) is 0 Å². The van der Waals surface area contributed by atoms with Crippen LogP contribution in [-0.2, 0) is 29.1 Å². The van der Waals surface area contributed by atoms with Crippen molar-refractivity contribution in [3.8, 4) is 0 Å². The summed E-state index contributed by atoms with van der Waals surface area (Å²) in [5.41, 5.74) is 0.434. The average Bonchev–Trinajstić information content (AvgIpc) is 3.39. The molecule has 27 heavy (non-hydrogen) atoms. The standard InChI is InChI=1S/C18H24N2O6S/c1-12-11-16(12)18(22)26-13(2)17(21)19-14-3-5-15(6-4-14)27(23,24)20-7-9-25-10-8-20/h3-6,12-13,16H,7-11H2,1-2H3,(H,19,21)/t12-,13-,16+/m0/s1. The lowest BCUT2D eigenvalue weighted by Gasteiger charge is -2.26. The molecule has 0 aromatic heterocycles. The van der Waals surface area contributed by atoms with E-state index in [9.17, 15) is 18.0 Å². The molecule has 1 aromatic carbocycles. The van der Waals surface area contributed by atoms with Crippen LogP contribution in [0.25, 0.3) is 0 Å². The monoisotopic (exact) mass is 396 g/mol. The molecule has 0 unspecified atom stereocenters. The van der Waals surface area contributed by atoms with E-state index in [-0.39, 0.29) is 16.8 Å². The lowest BCUT2D eigenvalue weighted by atomic mass is 10.3. The molecule has 2 aliphatic rings. The van der Waals surface area contributed by atoms with Crippen LogP contribution in [0.15, 0.2) is 29.2 Å². The molecule has 1 saturated carbocycles. The number of benzene rings is 1. The van der Waals surface area contributed by atoms with Crippen molar-refractivity contribution < 1.29 is 27.5 Å². The van der Waals surface area contributed by atoms with E-state index in [0.29, 0.717) is 37.9 Å². The highest BCUT2D eigenvalue weighted by Gasteiger charge is 2.41. The van der Waals surface area contributed by atoms with Crippen LogP contribution in [0.1, 0.15) is 20.3 Å². The molecule has 1 N–H and O–H groups in total. The molecule has 3 rings (SSSR count). The first kappa shape index (κ1) is 19.8. The van der Waals surface area contributed by atoms with Gasteiger partial charge in [0.25, 0.3) is 5.91 Å². The first-order valence-electron chi connectivity index (χ1n) is 8.98. The van der Waals surface area contributed by atoms with E-state index < -0.39 is 22.0 Å². The van der Waals surface area contributed by atoms with E-state index in [2.05, 4.69) is 5.32 Å². The third kappa shape index (κ3) is 4.66. The fourth-order valence-electron chi connectivity index (χ4n) is 2.86. The second kappa shape index (κ2) is 7.95. The van der Waals surface area contributed by atoms with Gasteiger partial charge in [0.2, 0.25) is 10.0 Å². The third-order valence-electron chi connectivity index (χ3n) is 4.80. The fraction of sp³-hybridized carbons (Fsp3) is 0.556. The molecule has 8 nitrogen and oxygen atoms in total. The van der Waals surface area contributed by atoms with Gasteiger partial charge in [0, 0.05) is 18.8 Å². The number of ether oxygens (including phenoxy) is 2. The maximum atomic E-state index is 12.6. The Kier molecular flexibility index (Phi) is 5.83. The number of nitrogens with zero attached hydrogens (tertiary/aromatic N) is 1. The maximum Gasteiger partial charge on any atom is 0.309 e. The highest BCUT2D eigenvalue weighted by Crippen LogP contribution is 2.38. The Morgan fingerprint density at radius 1 is 1.22 bits per heavy atom. The van der Waals surface area contributed by atoms with Gasteiger partial charge in [-0.1, -0.05) is 6.92 Å². The summed E-state index contributed by atoms with van der Waals surface area (Å²) < 4.78 is 36.9. The number of carbonyl (C=O) groups excluding carboxylic acids is 2. The van der Waals surface area contributed by atoms with Gasteiger partial charge in [-0.3, -0.25) is 9.59 Å². The Balaban J connectivity index is 1.58. The molecule has 1 aliphatic carbocycles. The summed E-state index contributed by atoms with van der Waals surface area (Å²) in [5.74, 6) is -0.601. The fourth-order valence-corrected chi connectivity index (χ4v) is 4.26. The number of morpholine rings is 1. The average molecular weight is 396 g/mol. The Hall–Kier alpha value is -1.97. The van der Waals surface area contributed by atoms with Crippen molar-refractivity contribution in [3.63, 3.8) is 0 Å². The van der Waals surface area contributed by atoms with Crippen molar-refractivity contribution in [2.24, 2.45) is 11.8 Å². The van der Waals surface area contributed by atoms with Gasteiger partial charge in [-0.25, -0.2) is 8.42 Å². The number of hydrogen-bond acceptors (Lipinski definition) is 6. The van der Waals surface area contributed by atoms with E-state index >= 15 is 0 Å². The smallest absolute Gasteiger partial charge is 0.309 e. The van der Waals surface area contributed by atoms with Gasteiger partial charge in [-0.15, -0.1) is 0 Å². The minimum Gasteiger partial charge on any atom is -0.452 e. The number of amides is 1. The molecule has 1 saturated heterocycles. The lowest BCUT2D eigenvalue weighted by molar-refractivity contribution is -0.154. The molecular weight excluding hydrogens is 372 g/mol. The van der Waals surface area contributed by atoms with Crippen molar-refractivity contribution in [3.05, 3.63) is 24.3 Å². The zero-order valence-electron chi connectivity index (χ0n) is 15.4. The number of sulfonamides is 1. The van der Waals surface area contributed by atoms with E-state index in [1.165, 1.54) is 35.5 Å². The summed E-state index contributed by atoms with van der Waals surface area (Å²) in [5, 5.41) is 2.63. The SMILES string of the molecule is C[C@H](OC(=O)[C@@H]1C[C@@H]1C)C(=O)Nc1ccc(S(=O)(=O)N2CCOCC2)cc1. The van der Waals surface area contributed by atoms with Gasteiger partial charge in [0.05, 0.1) is 24.0 Å². The second-order valence-corrected chi connectivity index (χ2v) is 8.87. The summed E-state index contributed by atoms with van der Waals surface area (Å²) >= 11 is 0. The molecule has 1 aliphatic heterocycles. The highest BCUT2D eigenvalue weighted by atomic mass is 32.2. The van der Waals surface area contributed by atoms with Gasteiger partial charge in [0.1, 0.15) is 0 Å². The van der Waals surface area contributed by atoms with Crippen LogP contribution in [-0.4, -0.2) is 57.0 Å². The molecule has 1 heterocycles. The number of nitrogens with one attached hydrogen (secondary N) is 1. The quantitative estimate of drug-likeness (QED) is 0.726. The zero-order valence-corrected chi connectivity index (χ0v) is 16.2. The summed E-state index contributed by atoms with van der Waals surface area (Å²) in [6.07, 6.45) is -0.117. The van der Waals surface area contributed by atoms with Gasteiger partial charge >= 0.3 is 5.97 Å². The second-order valence-electron chi connectivity index (χ2n) is 6.93. The molecule has 0 spiro atoms. The predicted octanol–water partition coefficient (Wildman–Crippen LogP) is 1.23. The predicted molar refractivity (Wildman–Crippen MR) is 97.5 cm³/mol. The Morgan fingerprint density at radius 2 is 1.81 bits per heavy atom. The Morgan fingerprint density at radius 3 is 2.37 bits per heavy atom. The molecule has 0 radical (unpaired) electrons. The molecule has 0 bridgehead atoms. The van der Waals surface area contributed by atoms with E-state index in [1.54, 1.807) is 0 Å². The van der Waals surface area contributed by atoms with E-state index in [1.807, 2.05) is 6.92 Å². The van der Waals surface area contributed by atoms with Crippen molar-refractivity contribution in [2.45, 2.75) is 31.3 Å². The molecule has 3 atom stereocenters. The van der Waals surface area contributed by atoms with Crippen molar-refractivity contribution >= 4 is 27.6 Å². The normalized spacial score (nSPS) is 24.1. The van der Waals surface area contributed by atoms with Crippen LogP contribution in [0, 0.1) is 11.8 Å². The van der Waals surface area contributed by atoms with E-state index in [4.69, 9.17) is 9.47 Å². The van der Waals surface area contributed by atoms with Crippen LogP contribution >= 0.6 is 0 Å². The number of carbonyl (C=O) groups is 2. The molecule has 9 heteroatoms. The third-order valence-corrected chi connectivity index (χ3v) is 6.72. The molecule has 2 fully saturated rings. The first-order valence-corrected chi connectivity index (χ1v) is 10.4. The topological polar surface area (TPSA) is 102 Å². The summed E-state index contributed by atoms with van der Waals surface area (Å²) in [7, 11) is -3.58. The van der Waals surface area contributed by atoms with E-state index in [0.717, 1.165) is 6.42 Å². The maximum absolute atomic E-state index is 12.6. The molecule has 1 aromatic rings. The zero-order chi connectivity index (χ0) is 19.6. The molecule has 1 amide bonds. The van der Waals surface area contributed by atoms with Crippen molar-refractivity contribution in [1.82, 2.24) is 4.31 Å². The highest BCUT2D eigenvalue weighted by molar-refractivity contribution is 7.89. The summed E-state index contributed by atoms with van der Waals surface area (Å²) in [4.78, 5) is 24.1. The molecular formula is C18H24N2O6S. The van der Waals surface area contributed by atoms with Crippen molar-refractivity contribution in [1.29, 1.82) is 0 Å². The Labute approximate surface area is 158 Å². The summed E-state index contributed by atoms with van der Waals surface area (Å²) in [6.45, 7) is 4.88. The lowest BCUT2D eigenvalue weighted by Crippen LogP contribution is -2.40. The van der Waals surface area contributed by atoms with Crippen molar-refractivity contribution in [2.75, 3.05) is 31.6 Å². The van der Waals surface area contributed by atoms with Gasteiger partial charge in [-0.2, -0.15) is 4.31 Å². The van der Waals surface area contributed by atoms with Crippen LogP contribution in [0.4, 0.5) is 5.69 Å². The van der Waals surface area contributed by atoms with Gasteiger partial charge in [0.15, 0.2) is 6.10 Å². The van der Waals surface area contributed by atoms with Gasteiger partial charge in [-0.05, 0) is 43.5 Å². The number of rotatable bonds is 6. The largest absolute Gasteiger partial charge is 0.452 e. The van der Waals surface area contributed by atoms with Crippen LogP contribution in [0.5, 0.6) is 0 Å². The minimum atomic E-state index is -3.58. The number of anilines is 1. The number of esters is 1. The molecule has 148 valence electrons. The number of hydrogen-bond donors (Lipinski definition) is 1. The first-order chi connectivity index (χ1) is 12.8.